The quantitative estimate of drug-likeness (QED) is 0.565. The van der Waals surface area contributed by atoms with E-state index >= 15 is 0 Å². The Bertz CT molecular complexity index is 401. The Hall–Kier alpha value is -1.55. The van der Waals surface area contributed by atoms with Gasteiger partial charge in [0, 0.05) is 24.7 Å². The van der Waals surface area contributed by atoms with Crippen molar-refractivity contribution in [3.63, 3.8) is 0 Å². The molecule has 0 atom stereocenters. The molecular weight excluding hydrogens is 250 g/mol. The molecular formula is C16H27N3O. The van der Waals surface area contributed by atoms with Gasteiger partial charge in [-0.3, -0.25) is 4.79 Å². The van der Waals surface area contributed by atoms with E-state index in [1.54, 1.807) is 0 Å². The molecule has 1 aromatic rings. The van der Waals surface area contributed by atoms with E-state index in [9.17, 15) is 4.79 Å². The van der Waals surface area contributed by atoms with Gasteiger partial charge < -0.3 is 16.0 Å². The van der Waals surface area contributed by atoms with Gasteiger partial charge in [0.1, 0.15) is 0 Å². The molecule has 20 heavy (non-hydrogen) atoms. The third kappa shape index (κ3) is 6.57. The molecule has 4 nitrogen and oxygen atoms in total. The van der Waals surface area contributed by atoms with Crippen molar-refractivity contribution >= 4 is 11.6 Å². The molecule has 0 aliphatic carbocycles. The van der Waals surface area contributed by atoms with Gasteiger partial charge in [-0.1, -0.05) is 12.1 Å². The Labute approximate surface area is 122 Å². The highest BCUT2D eigenvalue weighted by Gasteiger charge is 2.04. The van der Waals surface area contributed by atoms with Crippen LogP contribution in [0, 0.1) is 0 Å². The molecule has 0 saturated carbocycles. The summed E-state index contributed by atoms with van der Waals surface area (Å²) in [4.78, 5) is 14.0. The van der Waals surface area contributed by atoms with Gasteiger partial charge in [0.15, 0.2) is 0 Å². The second kappa shape index (κ2) is 8.59. The summed E-state index contributed by atoms with van der Waals surface area (Å²) in [7, 11) is 2.10. The van der Waals surface area contributed by atoms with Crippen LogP contribution in [0.25, 0.3) is 0 Å². The minimum atomic E-state index is 0.119. The summed E-state index contributed by atoms with van der Waals surface area (Å²) >= 11 is 0. The van der Waals surface area contributed by atoms with E-state index in [4.69, 9.17) is 5.73 Å². The summed E-state index contributed by atoms with van der Waals surface area (Å²) in [6.45, 7) is 6.10. The predicted octanol–water partition coefficient (Wildman–Crippen LogP) is 2.05. The molecule has 4 heteroatoms. The number of hydrogen-bond acceptors (Lipinski definition) is 3. The van der Waals surface area contributed by atoms with Crippen LogP contribution in [0.5, 0.6) is 0 Å². The lowest BCUT2D eigenvalue weighted by Gasteiger charge is -2.20. The van der Waals surface area contributed by atoms with Crippen molar-refractivity contribution in [2.45, 2.75) is 39.2 Å². The molecule has 3 N–H and O–H groups in total. The Balaban J connectivity index is 2.13. The molecule has 0 saturated heterocycles. The van der Waals surface area contributed by atoms with Gasteiger partial charge >= 0.3 is 0 Å². The van der Waals surface area contributed by atoms with Crippen LogP contribution in [0.3, 0.4) is 0 Å². The van der Waals surface area contributed by atoms with E-state index in [-0.39, 0.29) is 5.91 Å². The number of nitrogens with zero attached hydrogens (tertiary/aromatic N) is 1. The Kier molecular flexibility index (Phi) is 7.09. The van der Waals surface area contributed by atoms with Gasteiger partial charge in [-0.15, -0.1) is 0 Å². The zero-order chi connectivity index (χ0) is 15.0. The first-order valence-corrected chi connectivity index (χ1v) is 7.30. The zero-order valence-corrected chi connectivity index (χ0v) is 12.9. The second-order valence-electron chi connectivity index (χ2n) is 5.52. The van der Waals surface area contributed by atoms with E-state index in [0.717, 1.165) is 37.2 Å². The maximum atomic E-state index is 11.7. The summed E-state index contributed by atoms with van der Waals surface area (Å²) in [5, 5.41) is 2.97. The van der Waals surface area contributed by atoms with Crippen molar-refractivity contribution in [2.24, 2.45) is 0 Å². The number of rotatable bonds is 8. The second-order valence-corrected chi connectivity index (χ2v) is 5.52. The molecule has 0 aliphatic rings. The molecule has 0 heterocycles. The number of anilines is 1. The van der Waals surface area contributed by atoms with E-state index < -0.39 is 0 Å². The highest BCUT2D eigenvalue weighted by atomic mass is 16.1. The third-order valence-electron chi connectivity index (χ3n) is 3.51. The molecule has 0 radical (unpaired) electrons. The van der Waals surface area contributed by atoms with Gasteiger partial charge in [-0.05, 0) is 58.0 Å². The van der Waals surface area contributed by atoms with Crippen molar-refractivity contribution in [1.82, 2.24) is 10.2 Å². The molecule has 112 valence electrons. The number of nitrogen functional groups attached to an aromatic ring is 1. The van der Waals surface area contributed by atoms with Crippen molar-refractivity contribution in [2.75, 3.05) is 25.9 Å². The predicted molar refractivity (Wildman–Crippen MR) is 84.6 cm³/mol. The summed E-state index contributed by atoms with van der Waals surface area (Å²) in [5.41, 5.74) is 7.53. The van der Waals surface area contributed by atoms with Gasteiger partial charge in [-0.2, -0.15) is 0 Å². The first-order valence-electron chi connectivity index (χ1n) is 7.30. The lowest BCUT2D eigenvalue weighted by Crippen LogP contribution is -2.31. The zero-order valence-electron chi connectivity index (χ0n) is 12.9. The molecule has 1 aromatic carbocycles. The highest BCUT2D eigenvalue weighted by molar-refractivity contribution is 5.76. The van der Waals surface area contributed by atoms with Crippen LogP contribution >= 0.6 is 0 Å². The van der Waals surface area contributed by atoms with Gasteiger partial charge in [0.25, 0.3) is 0 Å². The monoisotopic (exact) mass is 277 g/mol. The summed E-state index contributed by atoms with van der Waals surface area (Å²) in [6, 6.07) is 8.24. The first-order chi connectivity index (χ1) is 9.49. The van der Waals surface area contributed by atoms with Crippen LogP contribution in [-0.2, 0) is 11.2 Å². The number of nitrogens with one attached hydrogen (secondary N) is 1. The van der Waals surface area contributed by atoms with Crippen LogP contribution in [0.4, 0.5) is 5.69 Å². The summed E-state index contributed by atoms with van der Waals surface area (Å²) in [5.74, 6) is 0.119. The molecule has 0 aliphatic heterocycles. The highest BCUT2D eigenvalue weighted by Crippen LogP contribution is 2.07. The maximum Gasteiger partial charge on any atom is 0.220 e. The number of amides is 1. The van der Waals surface area contributed by atoms with Crippen molar-refractivity contribution in [3.8, 4) is 0 Å². The minimum absolute atomic E-state index is 0.119. The fourth-order valence-electron chi connectivity index (χ4n) is 1.85. The molecule has 0 bridgehead atoms. The Morgan fingerprint density at radius 1 is 1.30 bits per heavy atom. The van der Waals surface area contributed by atoms with E-state index in [1.165, 1.54) is 0 Å². The summed E-state index contributed by atoms with van der Waals surface area (Å²) in [6.07, 6.45) is 2.28. The minimum Gasteiger partial charge on any atom is -0.399 e. The standard InChI is InChI=1S/C16H27N3O/c1-13(2)19(3)12-4-11-18-16(20)10-7-14-5-8-15(17)9-6-14/h5-6,8-9,13H,4,7,10-12,17H2,1-3H3,(H,18,20). The average Bonchev–Trinajstić information content (AvgIpc) is 2.42. The fourth-order valence-corrected chi connectivity index (χ4v) is 1.85. The molecule has 0 fully saturated rings. The number of carbonyl (C=O) groups is 1. The van der Waals surface area contributed by atoms with Crippen molar-refractivity contribution in [3.05, 3.63) is 29.8 Å². The topological polar surface area (TPSA) is 58.4 Å². The average molecular weight is 277 g/mol. The fraction of sp³-hybridized carbons (Fsp3) is 0.562. The van der Waals surface area contributed by atoms with Crippen LogP contribution in [0.2, 0.25) is 0 Å². The van der Waals surface area contributed by atoms with Crippen LogP contribution in [-0.4, -0.2) is 37.0 Å². The van der Waals surface area contributed by atoms with Gasteiger partial charge in [0.2, 0.25) is 5.91 Å². The Morgan fingerprint density at radius 2 is 1.95 bits per heavy atom. The van der Waals surface area contributed by atoms with Gasteiger partial charge in [0.05, 0.1) is 0 Å². The molecule has 1 amide bonds. The van der Waals surface area contributed by atoms with Crippen LogP contribution in [0.15, 0.2) is 24.3 Å². The van der Waals surface area contributed by atoms with E-state index in [1.807, 2.05) is 24.3 Å². The lowest BCUT2D eigenvalue weighted by atomic mass is 10.1. The third-order valence-corrected chi connectivity index (χ3v) is 3.51. The molecule has 0 spiro atoms. The van der Waals surface area contributed by atoms with Crippen molar-refractivity contribution < 1.29 is 4.79 Å². The first kappa shape index (κ1) is 16.5. The SMILES string of the molecule is CC(C)N(C)CCCNC(=O)CCc1ccc(N)cc1. The maximum absolute atomic E-state index is 11.7. The van der Waals surface area contributed by atoms with Crippen molar-refractivity contribution in [1.29, 1.82) is 0 Å². The molecule has 0 unspecified atom stereocenters. The van der Waals surface area contributed by atoms with Gasteiger partial charge in [-0.25, -0.2) is 0 Å². The number of nitrogens with two attached hydrogens (primary N) is 1. The number of carbonyl (C=O) groups excluding carboxylic acids is 1. The number of hydrogen-bond donors (Lipinski definition) is 2. The number of benzene rings is 1. The Morgan fingerprint density at radius 3 is 2.55 bits per heavy atom. The van der Waals surface area contributed by atoms with Crippen LogP contribution in [0.1, 0.15) is 32.3 Å². The molecule has 1 rings (SSSR count). The lowest BCUT2D eigenvalue weighted by molar-refractivity contribution is -0.121. The largest absolute Gasteiger partial charge is 0.399 e. The normalized spacial score (nSPS) is 11.1. The van der Waals surface area contributed by atoms with Crippen LogP contribution < -0.4 is 11.1 Å². The molecule has 0 aromatic heterocycles. The number of aryl methyl sites for hydroxylation is 1. The summed E-state index contributed by atoms with van der Waals surface area (Å²) < 4.78 is 0. The van der Waals surface area contributed by atoms with E-state index in [2.05, 4.69) is 31.1 Å². The smallest absolute Gasteiger partial charge is 0.220 e. The van der Waals surface area contributed by atoms with E-state index in [0.29, 0.717) is 12.5 Å².